The lowest BCUT2D eigenvalue weighted by Gasteiger charge is -2.12. The van der Waals surface area contributed by atoms with Crippen molar-refractivity contribution in [1.82, 2.24) is 15.6 Å². The van der Waals surface area contributed by atoms with Gasteiger partial charge in [0.25, 0.3) is 5.69 Å². The molecule has 8 heteroatoms. The number of halogens is 1. The fourth-order valence-corrected chi connectivity index (χ4v) is 2.18. The number of hydrogen-bond acceptors (Lipinski definition) is 4. The lowest BCUT2D eigenvalue weighted by molar-refractivity contribution is -0.384. The number of non-ortho nitro benzene ring substituents is 1. The van der Waals surface area contributed by atoms with Gasteiger partial charge < -0.3 is 10.6 Å². The van der Waals surface area contributed by atoms with Crippen LogP contribution < -0.4 is 10.6 Å². The van der Waals surface area contributed by atoms with Crippen LogP contribution in [-0.4, -0.2) is 29.5 Å². The summed E-state index contributed by atoms with van der Waals surface area (Å²) >= 11 is 5.75. The number of benzene rings is 1. The second-order valence-corrected chi connectivity index (χ2v) is 5.41. The van der Waals surface area contributed by atoms with Crippen LogP contribution in [0.2, 0.25) is 5.15 Å². The maximum absolute atomic E-state index is 10.8. The second-order valence-electron chi connectivity index (χ2n) is 5.02. The van der Waals surface area contributed by atoms with Crippen molar-refractivity contribution in [3.63, 3.8) is 0 Å². The summed E-state index contributed by atoms with van der Waals surface area (Å²) in [4.78, 5) is 18.5. The summed E-state index contributed by atoms with van der Waals surface area (Å²) in [6.07, 6.45) is 2.52. The molecule has 1 aromatic carbocycles. The van der Waals surface area contributed by atoms with Crippen LogP contribution >= 0.6 is 11.6 Å². The van der Waals surface area contributed by atoms with Gasteiger partial charge in [-0.3, -0.25) is 15.1 Å². The van der Waals surface area contributed by atoms with Gasteiger partial charge in [-0.1, -0.05) is 29.8 Å². The van der Waals surface area contributed by atoms with E-state index in [9.17, 15) is 10.1 Å². The molecule has 126 valence electrons. The van der Waals surface area contributed by atoms with Crippen LogP contribution in [0, 0.1) is 10.1 Å². The molecule has 1 heterocycles. The van der Waals surface area contributed by atoms with Gasteiger partial charge in [-0.2, -0.15) is 0 Å². The molecule has 0 unspecified atom stereocenters. The van der Waals surface area contributed by atoms with Crippen molar-refractivity contribution < 1.29 is 4.92 Å². The third-order valence-corrected chi connectivity index (χ3v) is 3.52. The molecule has 0 fully saturated rings. The zero-order valence-corrected chi connectivity index (χ0v) is 14.0. The number of aliphatic imine (C=N–C) groups is 1. The molecule has 0 aliphatic carbocycles. The minimum atomic E-state index is -0.406. The molecule has 0 aliphatic heterocycles. The molecule has 0 bridgehead atoms. The van der Waals surface area contributed by atoms with Crippen molar-refractivity contribution >= 4 is 23.2 Å². The van der Waals surface area contributed by atoms with E-state index < -0.39 is 4.92 Å². The van der Waals surface area contributed by atoms with E-state index in [4.69, 9.17) is 11.6 Å². The Hall–Kier alpha value is -2.67. The molecule has 2 rings (SSSR count). The van der Waals surface area contributed by atoms with Crippen molar-refractivity contribution in [3.05, 3.63) is 69.0 Å². The van der Waals surface area contributed by atoms with Crippen molar-refractivity contribution in [2.45, 2.75) is 13.0 Å². The largest absolute Gasteiger partial charge is 0.356 e. The number of rotatable bonds is 6. The van der Waals surface area contributed by atoms with Crippen LogP contribution in [-0.2, 0) is 13.0 Å². The van der Waals surface area contributed by atoms with Crippen molar-refractivity contribution in [2.75, 3.05) is 13.6 Å². The highest BCUT2D eigenvalue weighted by Gasteiger charge is 2.06. The summed E-state index contributed by atoms with van der Waals surface area (Å²) < 4.78 is 0. The number of aromatic nitrogens is 1. The Morgan fingerprint density at radius 1 is 1.29 bits per heavy atom. The summed E-state index contributed by atoms with van der Waals surface area (Å²) in [5.41, 5.74) is 1.96. The fourth-order valence-electron chi connectivity index (χ4n) is 2.07. The average Bonchev–Trinajstić information content (AvgIpc) is 2.59. The van der Waals surface area contributed by atoms with Gasteiger partial charge in [-0.05, 0) is 23.6 Å². The number of nitrogens with one attached hydrogen (secondary N) is 2. The lowest BCUT2D eigenvalue weighted by atomic mass is 10.2. The van der Waals surface area contributed by atoms with E-state index >= 15 is 0 Å². The quantitative estimate of drug-likeness (QED) is 0.275. The summed E-state index contributed by atoms with van der Waals surface area (Å²) in [6, 6.07) is 10.2. The van der Waals surface area contributed by atoms with Crippen LogP contribution in [0.3, 0.4) is 0 Å². The number of nitro groups is 1. The Balaban J connectivity index is 1.81. The second kappa shape index (κ2) is 8.83. The van der Waals surface area contributed by atoms with E-state index in [1.165, 1.54) is 6.07 Å². The first kappa shape index (κ1) is 17.7. The fraction of sp³-hybridized carbons (Fsp3) is 0.250. The highest BCUT2D eigenvalue weighted by molar-refractivity contribution is 6.29. The minimum Gasteiger partial charge on any atom is -0.356 e. The van der Waals surface area contributed by atoms with E-state index in [1.54, 1.807) is 31.4 Å². The standard InChI is InChI=1S/C16H18ClN5O2/c1-18-16(19-8-7-12-5-6-15(17)20-10-12)21-11-13-3-2-4-14(9-13)22(23)24/h2-6,9-10H,7-8,11H2,1H3,(H2,18,19,21). The first-order valence-electron chi connectivity index (χ1n) is 7.37. The molecule has 0 atom stereocenters. The smallest absolute Gasteiger partial charge is 0.269 e. The molecular weight excluding hydrogens is 330 g/mol. The highest BCUT2D eigenvalue weighted by atomic mass is 35.5. The van der Waals surface area contributed by atoms with Gasteiger partial charge in [0.15, 0.2) is 5.96 Å². The van der Waals surface area contributed by atoms with Gasteiger partial charge in [0, 0.05) is 38.5 Å². The summed E-state index contributed by atoms with van der Waals surface area (Å²) in [5.74, 6) is 0.628. The first-order chi connectivity index (χ1) is 11.6. The Kier molecular flexibility index (Phi) is 6.51. The van der Waals surface area contributed by atoms with Crippen LogP contribution in [0.15, 0.2) is 47.6 Å². The van der Waals surface area contributed by atoms with Crippen LogP contribution in [0.4, 0.5) is 5.69 Å². The summed E-state index contributed by atoms with van der Waals surface area (Å²) in [5, 5.41) is 17.6. The molecule has 7 nitrogen and oxygen atoms in total. The Morgan fingerprint density at radius 3 is 2.79 bits per heavy atom. The van der Waals surface area contributed by atoms with Gasteiger partial charge in [0.1, 0.15) is 5.15 Å². The van der Waals surface area contributed by atoms with E-state index in [0.29, 0.717) is 24.2 Å². The predicted octanol–water partition coefficient (Wildman–Crippen LogP) is 2.55. The van der Waals surface area contributed by atoms with Gasteiger partial charge in [0.2, 0.25) is 0 Å². The van der Waals surface area contributed by atoms with Crippen LogP contribution in [0.25, 0.3) is 0 Å². The van der Waals surface area contributed by atoms with E-state index in [1.807, 2.05) is 12.1 Å². The van der Waals surface area contributed by atoms with E-state index in [0.717, 1.165) is 17.5 Å². The predicted molar refractivity (Wildman–Crippen MR) is 94.2 cm³/mol. The number of hydrogen-bond donors (Lipinski definition) is 2. The molecule has 0 saturated carbocycles. The van der Waals surface area contributed by atoms with Gasteiger partial charge >= 0.3 is 0 Å². The molecule has 2 aromatic rings. The normalized spacial score (nSPS) is 11.2. The number of nitro benzene ring substituents is 1. The molecule has 0 aliphatic rings. The highest BCUT2D eigenvalue weighted by Crippen LogP contribution is 2.12. The maximum Gasteiger partial charge on any atom is 0.269 e. The van der Waals surface area contributed by atoms with E-state index in [2.05, 4.69) is 20.6 Å². The van der Waals surface area contributed by atoms with Gasteiger partial charge in [0.05, 0.1) is 4.92 Å². The van der Waals surface area contributed by atoms with Crippen molar-refractivity contribution in [3.8, 4) is 0 Å². The number of guanidine groups is 1. The Labute approximate surface area is 144 Å². The number of pyridine rings is 1. The van der Waals surface area contributed by atoms with Gasteiger partial charge in [-0.25, -0.2) is 4.98 Å². The average molecular weight is 348 g/mol. The van der Waals surface area contributed by atoms with E-state index in [-0.39, 0.29) is 5.69 Å². The Bertz CT molecular complexity index is 719. The Morgan fingerprint density at radius 2 is 2.12 bits per heavy atom. The molecular formula is C16H18ClN5O2. The number of nitrogens with zero attached hydrogens (tertiary/aromatic N) is 3. The molecule has 1 aromatic heterocycles. The first-order valence-corrected chi connectivity index (χ1v) is 7.74. The van der Waals surface area contributed by atoms with Crippen LogP contribution in [0.5, 0.6) is 0 Å². The molecule has 0 saturated heterocycles. The minimum absolute atomic E-state index is 0.0764. The van der Waals surface area contributed by atoms with Crippen molar-refractivity contribution in [1.29, 1.82) is 0 Å². The van der Waals surface area contributed by atoms with Crippen molar-refractivity contribution in [2.24, 2.45) is 4.99 Å². The molecule has 0 amide bonds. The SMILES string of the molecule is CN=C(NCCc1ccc(Cl)nc1)NCc1cccc([N+](=O)[O-])c1. The maximum atomic E-state index is 10.8. The topological polar surface area (TPSA) is 92.5 Å². The lowest BCUT2D eigenvalue weighted by Crippen LogP contribution is -2.37. The molecule has 0 radical (unpaired) electrons. The zero-order valence-electron chi connectivity index (χ0n) is 13.2. The summed E-state index contributed by atoms with van der Waals surface area (Å²) in [7, 11) is 1.67. The van der Waals surface area contributed by atoms with Gasteiger partial charge in [-0.15, -0.1) is 0 Å². The third-order valence-electron chi connectivity index (χ3n) is 3.30. The third kappa shape index (κ3) is 5.51. The molecule has 24 heavy (non-hydrogen) atoms. The molecule has 2 N–H and O–H groups in total. The monoisotopic (exact) mass is 347 g/mol. The molecule has 0 spiro atoms. The zero-order chi connectivity index (χ0) is 17.4. The van der Waals surface area contributed by atoms with Crippen LogP contribution in [0.1, 0.15) is 11.1 Å². The summed E-state index contributed by atoms with van der Waals surface area (Å²) in [6.45, 7) is 1.13.